The van der Waals surface area contributed by atoms with Crippen LogP contribution in [0.15, 0.2) is 36.7 Å². The number of aldehydes is 1. The predicted molar refractivity (Wildman–Crippen MR) is 144 cm³/mol. The fourth-order valence-corrected chi connectivity index (χ4v) is 5.14. The van der Waals surface area contributed by atoms with Crippen molar-refractivity contribution in [2.75, 3.05) is 19.5 Å². The molecule has 3 heterocycles. The topological polar surface area (TPSA) is 136 Å². The Bertz CT molecular complexity index is 1320. The molecular weight excluding hydrogens is 526 g/mol. The molecule has 2 aliphatic rings. The second-order valence-corrected chi connectivity index (χ2v) is 10.7. The first kappa shape index (κ1) is 28.8. The molecule has 11 nitrogen and oxygen atoms in total. The number of hydrogen-bond acceptors (Lipinski definition) is 10. The molecule has 2 aromatic heterocycles. The zero-order valence-electron chi connectivity index (χ0n) is 22.0. The van der Waals surface area contributed by atoms with Gasteiger partial charge in [0.25, 0.3) is 0 Å². The summed E-state index contributed by atoms with van der Waals surface area (Å²) in [4.78, 5) is 23.0. The summed E-state index contributed by atoms with van der Waals surface area (Å²) in [7, 11) is 0.0182. The van der Waals surface area contributed by atoms with Gasteiger partial charge in [0, 0.05) is 7.11 Å². The number of fused-ring (bicyclic) bond motifs is 1. The molecule has 0 radical (unpaired) electrons. The molecule has 1 aromatic carbocycles. The summed E-state index contributed by atoms with van der Waals surface area (Å²) in [6, 6.07) is 9.17. The molecule has 5 rings (SSSR count). The number of anilines is 1. The average molecular weight is 559 g/mol. The molecule has 39 heavy (non-hydrogen) atoms. The minimum absolute atomic E-state index is 0.0264. The van der Waals surface area contributed by atoms with Crippen LogP contribution in [-0.4, -0.2) is 56.8 Å². The molecule has 3 N–H and O–H groups in total. The highest BCUT2D eigenvalue weighted by molar-refractivity contribution is 7.45. The summed E-state index contributed by atoms with van der Waals surface area (Å²) >= 11 is 0. The van der Waals surface area contributed by atoms with Gasteiger partial charge in [-0.3, -0.25) is 4.57 Å². The third-order valence-corrected chi connectivity index (χ3v) is 7.67. The molecule has 1 saturated heterocycles. The van der Waals surface area contributed by atoms with E-state index in [9.17, 15) is 9.18 Å². The number of hydrogen-bond donors (Lipinski definition) is 2. The minimum atomic E-state index is -1.68. The number of carbonyl (C=O) groups excluding carboxylic acids is 1. The number of benzene rings is 1. The number of aromatic nitrogens is 4. The van der Waals surface area contributed by atoms with E-state index >= 15 is 0 Å². The molecular formula is C26H32FN6O5P. The Morgan fingerprint density at radius 1 is 1.33 bits per heavy atom. The summed E-state index contributed by atoms with van der Waals surface area (Å²) < 4.78 is 38.3. The van der Waals surface area contributed by atoms with Gasteiger partial charge in [-0.05, 0) is 51.7 Å². The zero-order valence-corrected chi connectivity index (χ0v) is 22.9. The van der Waals surface area contributed by atoms with Crippen LogP contribution >= 0.6 is 8.53 Å². The number of nitrogens with two attached hydrogens (primary N) is 1. The van der Waals surface area contributed by atoms with Crippen LogP contribution in [0.5, 0.6) is 5.75 Å². The molecule has 2 unspecified atom stereocenters. The van der Waals surface area contributed by atoms with Crippen molar-refractivity contribution in [3.05, 3.63) is 42.7 Å². The number of methoxy groups -OCH3 is 1. The van der Waals surface area contributed by atoms with Crippen LogP contribution in [0, 0.1) is 18.4 Å². The van der Waals surface area contributed by atoms with Gasteiger partial charge >= 0.3 is 14.6 Å². The quantitative estimate of drug-likeness (QED) is 0.163. The number of nitrogen functional groups attached to an aromatic ring is 1. The number of para-hydroxylation sites is 1. The highest BCUT2D eigenvalue weighted by Gasteiger charge is 2.47. The standard InChI is InChI=1S/C22H22FN6O4P.C4H10O/c1-2-22(9-8-16(32-22)29-14-25-17-18(24)26-20(23)27-19(17)29)13-31-34(28-21(12-30)10-11-21)33-15-6-4-3-5-7-15;1-4(2)5-3/h1,3-7,12,14,16,28H,8-11,13H2,(H2,24,26,27);4H,1-3H3/t16?,22?,34-;/m1./s1. The van der Waals surface area contributed by atoms with Crippen molar-refractivity contribution in [1.29, 1.82) is 0 Å². The summed E-state index contributed by atoms with van der Waals surface area (Å²) in [6.07, 6.45) is 9.53. The van der Waals surface area contributed by atoms with Crippen LogP contribution in [0.4, 0.5) is 10.2 Å². The fraction of sp³-hybridized carbons (Fsp3) is 0.462. The van der Waals surface area contributed by atoms with E-state index < -0.39 is 32.0 Å². The molecule has 2 fully saturated rings. The molecule has 0 amide bonds. The predicted octanol–water partition coefficient (Wildman–Crippen LogP) is 3.91. The second kappa shape index (κ2) is 12.3. The van der Waals surface area contributed by atoms with Crippen molar-refractivity contribution < 1.29 is 27.7 Å². The monoisotopic (exact) mass is 558 g/mol. The summed E-state index contributed by atoms with van der Waals surface area (Å²) in [5, 5.41) is 3.18. The highest BCUT2D eigenvalue weighted by Crippen LogP contribution is 2.47. The Balaban J connectivity index is 0.000000648. The van der Waals surface area contributed by atoms with Crippen LogP contribution in [0.25, 0.3) is 11.2 Å². The van der Waals surface area contributed by atoms with Gasteiger partial charge in [-0.15, -0.1) is 6.42 Å². The van der Waals surface area contributed by atoms with Gasteiger partial charge in [0.2, 0.25) is 0 Å². The summed E-state index contributed by atoms with van der Waals surface area (Å²) in [5.41, 5.74) is 4.57. The van der Waals surface area contributed by atoms with E-state index in [1.54, 1.807) is 23.8 Å². The number of rotatable bonds is 10. The lowest BCUT2D eigenvalue weighted by atomic mass is 10.0. The van der Waals surface area contributed by atoms with E-state index in [4.69, 9.17) is 30.7 Å². The Morgan fingerprint density at radius 3 is 2.67 bits per heavy atom. The lowest BCUT2D eigenvalue weighted by molar-refractivity contribution is -0.110. The number of nitrogens with one attached hydrogen (secondary N) is 1. The van der Waals surface area contributed by atoms with Crippen LogP contribution in [0.2, 0.25) is 0 Å². The number of carbonyl (C=O) groups is 1. The van der Waals surface area contributed by atoms with Crippen LogP contribution < -0.4 is 15.3 Å². The third-order valence-electron chi connectivity index (χ3n) is 6.30. The lowest BCUT2D eigenvalue weighted by Gasteiger charge is -2.27. The van der Waals surface area contributed by atoms with Gasteiger partial charge in [-0.2, -0.15) is 14.4 Å². The van der Waals surface area contributed by atoms with Crippen molar-refractivity contribution in [2.24, 2.45) is 0 Å². The Morgan fingerprint density at radius 2 is 2.05 bits per heavy atom. The molecule has 3 atom stereocenters. The van der Waals surface area contributed by atoms with Crippen molar-refractivity contribution in [2.45, 2.75) is 63.0 Å². The maximum atomic E-state index is 13.7. The van der Waals surface area contributed by atoms with E-state index in [-0.39, 0.29) is 23.6 Å². The average Bonchev–Trinajstić information content (AvgIpc) is 3.37. The number of ether oxygens (including phenoxy) is 2. The van der Waals surface area contributed by atoms with Crippen LogP contribution in [0.1, 0.15) is 45.8 Å². The molecule has 1 aliphatic carbocycles. The van der Waals surface area contributed by atoms with Crippen LogP contribution in [-0.2, 0) is 18.8 Å². The van der Waals surface area contributed by atoms with Gasteiger partial charge in [0.05, 0.1) is 24.6 Å². The molecule has 208 valence electrons. The molecule has 1 saturated carbocycles. The maximum absolute atomic E-state index is 13.7. The first-order valence-electron chi connectivity index (χ1n) is 12.5. The van der Waals surface area contributed by atoms with Gasteiger partial charge in [-0.1, -0.05) is 24.1 Å². The molecule has 13 heteroatoms. The smallest absolute Gasteiger partial charge is 0.319 e. The molecule has 1 aliphatic heterocycles. The maximum Gasteiger partial charge on any atom is 0.319 e. The second-order valence-electron chi connectivity index (χ2n) is 9.56. The normalized spacial score (nSPS) is 22.1. The van der Waals surface area contributed by atoms with Crippen molar-refractivity contribution in [1.82, 2.24) is 24.6 Å². The fourth-order valence-electron chi connectivity index (χ4n) is 3.70. The summed E-state index contributed by atoms with van der Waals surface area (Å²) in [6.45, 7) is 4.03. The van der Waals surface area contributed by atoms with Gasteiger partial charge < -0.3 is 29.0 Å². The Kier molecular flexibility index (Phi) is 9.10. The van der Waals surface area contributed by atoms with E-state index in [1.165, 1.54) is 6.33 Å². The molecule has 0 bridgehead atoms. The summed E-state index contributed by atoms with van der Waals surface area (Å²) in [5.74, 6) is 3.25. The van der Waals surface area contributed by atoms with Crippen molar-refractivity contribution in [3.8, 4) is 18.1 Å². The first-order valence-corrected chi connectivity index (χ1v) is 13.6. The van der Waals surface area contributed by atoms with Crippen LogP contribution in [0.3, 0.4) is 0 Å². The molecule has 0 spiro atoms. The van der Waals surface area contributed by atoms with Crippen molar-refractivity contribution in [3.63, 3.8) is 0 Å². The number of terminal acetylenes is 1. The number of nitrogens with zero attached hydrogens (tertiary/aromatic N) is 4. The lowest BCUT2D eigenvalue weighted by Crippen LogP contribution is -2.35. The van der Waals surface area contributed by atoms with Crippen molar-refractivity contribution >= 4 is 31.8 Å². The van der Waals surface area contributed by atoms with Gasteiger partial charge in [0.1, 0.15) is 18.3 Å². The Hall–Kier alpha value is -3.20. The Labute approximate surface area is 227 Å². The van der Waals surface area contributed by atoms with E-state index in [1.807, 2.05) is 32.0 Å². The largest absolute Gasteiger partial charge is 0.436 e. The van der Waals surface area contributed by atoms with Gasteiger partial charge in [0.15, 0.2) is 22.6 Å². The minimum Gasteiger partial charge on any atom is -0.436 e. The molecule has 3 aromatic rings. The third kappa shape index (κ3) is 7.06. The van der Waals surface area contributed by atoms with E-state index in [2.05, 4.69) is 26.0 Å². The number of halogens is 1. The SMILES string of the molecule is C#CC1(CO[P@@](NC2(C=O)CC2)Oc2ccccc2)CCC(n2cnc3c(N)nc(F)nc32)O1.COC(C)C. The zero-order chi connectivity index (χ0) is 28.0. The number of imidazole rings is 1. The first-order chi connectivity index (χ1) is 18.7. The highest BCUT2D eigenvalue weighted by atomic mass is 31.2. The van der Waals surface area contributed by atoms with Gasteiger partial charge in [-0.25, -0.2) is 10.1 Å². The van der Waals surface area contributed by atoms with E-state index in [0.29, 0.717) is 37.5 Å². The van der Waals surface area contributed by atoms with E-state index in [0.717, 1.165) is 6.29 Å².